The summed E-state index contributed by atoms with van der Waals surface area (Å²) in [5.41, 5.74) is 2.27. The van der Waals surface area contributed by atoms with E-state index in [1.165, 1.54) is 5.56 Å². The Hall–Kier alpha value is -1.28. The lowest BCUT2D eigenvalue weighted by Crippen LogP contribution is -1.85. The van der Waals surface area contributed by atoms with Crippen LogP contribution in [-0.2, 0) is 5.75 Å². The third kappa shape index (κ3) is 4.49. The van der Waals surface area contributed by atoms with Crippen molar-refractivity contribution in [2.45, 2.75) is 19.6 Å². The van der Waals surface area contributed by atoms with Crippen molar-refractivity contribution < 1.29 is 0 Å². The van der Waals surface area contributed by atoms with Crippen molar-refractivity contribution in [2.75, 3.05) is 0 Å². The maximum Gasteiger partial charge on any atom is 0.0923 e. The molecule has 0 amide bonds. The fraction of sp³-hybridized carbons (Fsp3) is 0.214. The van der Waals surface area contributed by atoms with E-state index in [-0.39, 0.29) is 0 Å². The van der Waals surface area contributed by atoms with Gasteiger partial charge in [0.25, 0.3) is 0 Å². The zero-order valence-electron chi connectivity index (χ0n) is 9.81. The largest absolute Gasteiger partial charge is 0.247 e. The average Bonchev–Trinajstić information content (AvgIpc) is 2.35. The lowest BCUT2D eigenvalue weighted by atomic mass is 10.2. The molecule has 0 aliphatic rings. The second kappa shape index (κ2) is 7.07. The van der Waals surface area contributed by atoms with Gasteiger partial charge in [-0.25, -0.2) is 4.99 Å². The van der Waals surface area contributed by atoms with E-state index in [1.54, 1.807) is 17.8 Å². The molecule has 1 aromatic carbocycles. The monoisotopic (exact) mass is 231 g/mol. The third-order valence-electron chi connectivity index (χ3n) is 2.06. The lowest BCUT2D eigenvalue weighted by molar-refractivity contribution is 1.40. The lowest BCUT2D eigenvalue weighted by Gasteiger charge is -2.02. The third-order valence-corrected chi connectivity index (χ3v) is 3.16. The van der Waals surface area contributed by atoms with E-state index < -0.39 is 0 Å². The van der Waals surface area contributed by atoms with E-state index in [0.717, 1.165) is 16.5 Å². The molecule has 0 N–H and O–H groups in total. The highest BCUT2D eigenvalue weighted by Crippen LogP contribution is 2.22. The Balaban J connectivity index is 2.57. The van der Waals surface area contributed by atoms with Crippen molar-refractivity contribution in [1.29, 1.82) is 0 Å². The molecule has 0 aromatic heterocycles. The number of thioether (sulfide) groups is 1. The maximum atomic E-state index is 4.45. The smallest absolute Gasteiger partial charge is 0.0923 e. The van der Waals surface area contributed by atoms with Crippen molar-refractivity contribution in [3.8, 4) is 0 Å². The van der Waals surface area contributed by atoms with Gasteiger partial charge in [0, 0.05) is 11.5 Å². The van der Waals surface area contributed by atoms with Crippen LogP contribution < -0.4 is 0 Å². The first-order valence-corrected chi connectivity index (χ1v) is 6.25. The maximum absolute atomic E-state index is 4.45. The molecule has 0 radical (unpaired) electrons. The fourth-order valence-electron chi connectivity index (χ4n) is 1.13. The van der Waals surface area contributed by atoms with Crippen LogP contribution in [0.25, 0.3) is 0 Å². The topological polar surface area (TPSA) is 12.4 Å². The number of hydrogen-bond acceptors (Lipinski definition) is 2. The van der Waals surface area contributed by atoms with Crippen LogP contribution in [0.2, 0.25) is 0 Å². The highest BCUT2D eigenvalue weighted by molar-refractivity contribution is 8.02. The van der Waals surface area contributed by atoms with E-state index >= 15 is 0 Å². The predicted molar refractivity (Wildman–Crippen MR) is 74.8 cm³/mol. The molecule has 0 fully saturated rings. The molecule has 1 nitrogen and oxygen atoms in total. The summed E-state index contributed by atoms with van der Waals surface area (Å²) in [5, 5.41) is 1.04. The molecule has 84 valence electrons. The summed E-state index contributed by atoms with van der Waals surface area (Å²) in [6.07, 6.45) is 3.80. The molecule has 16 heavy (non-hydrogen) atoms. The van der Waals surface area contributed by atoms with E-state index in [4.69, 9.17) is 0 Å². The Labute approximate surface area is 102 Å². The molecule has 0 unspecified atom stereocenters. The number of hydrogen-bond donors (Lipinski definition) is 0. The zero-order valence-corrected chi connectivity index (χ0v) is 10.6. The second-order valence-corrected chi connectivity index (χ2v) is 4.35. The summed E-state index contributed by atoms with van der Waals surface area (Å²) >= 11 is 1.74. The Morgan fingerprint density at radius 1 is 1.38 bits per heavy atom. The highest BCUT2D eigenvalue weighted by Gasteiger charge is 1.97. The Kier molecular flexibility index (Phi) is 5.65. The summed E-state index contributed by atoms with van der Waals surface area (Å²) in [4.78, 5) is 4.45. The van der Waals surface area contributed by atoms with Gasteiger partial charge >= 0.3 is 0 Å². The summed E-state index contributed by atoms with van der Waals surface area (Å²) < 4.78 is 0. The molecule has 1 aromatic rings. The van der Waals surface area contributed by atoms with Crippen LogP contribution in [-0.4, -0.2) is 5.71 Å². The standard InChI is InChI=1S/C14H17NS/c1-4-12(3)15-14(5-2)16-11-13-9-7-6-8-10-13/h4-10H,1,11H2,2-3H3/b14-5+,15-12?. The fourth-order valence-corrected chi connectivity index (χ4v) is 2.01. The number of benzene rings is 1. The first-order chi connectivity index (χ1) is 7.76. The summed E-state index contributed by atoms with van der Waals surface area (Å²) in [6, 6.07) is 10.4. The molecular weight excluding hydrogens is 214 g/mol. The Morgan fingerprint density at radius 2 is 2.06 bits per heavy atom. The second-order valence-electron chi connectivity index (χ2n) is 3.36. The normalized spacial score (nSPS) is 12.6. The van der Waals surface area contributed by atoms with E-state index in [2.05, 4.69) is 35.8 Å². The molecule has 2 heteroatoms. The molecule has 0 saturated carbocycles. The number of aliphatic imine (C=N–C) groups is 1. The van der Waals surface area contributed by atoms with Gasteiger partial charge in [-0.3, -0.25) is 0 Å². The van der Waals surface area contributed by atoms with Gasteiger partial charge in [0.05, 0.1) is 5.03 Å². The van der Waals surface area contributed by atoms with Gasteiger partial charge in [-0.05, 0) is 25.5 Å². The molecule has 0 aliphatic carbocycles. The van der Waals surface area contributed by atoms with Crippen molar-refractivity contribution in [2.24, 2.45) is 4.99 Å². The molecule has 0 saturated heterocycles. The Morgan fingerprint density at radius 3 is 2.62 bits per heavy atom. The quantitative estimate of drug-likeness (QED) is 0.683. The minimum Gasteiger partial charge on any atom is -0.247 e. The van der Waals surface area contributed by atoms with Gasteiger partial charge in [0.1, 0.15) is 0 Å². The molecule has 0 bridgehead atoms. The van der Waals surface area contributed by atoms with E-state index in [9.17, 15) is 0 Å². The molecule has 0 atom stereocenters. The van der Waals surface area contributed by atoms with Gasteiger partial charge in [0.2, 0.25) is 0 Å². The molecule has 1 rings (SSSR count). The molecule has 0 heterocycles. The van der Waals surface area contributed by atoms with Crippen molar-refractivity contribution in [1.82, 2.24) is 0 Å². The Bertz CT molecular complexity index is 390. The van der Waals surface area contributed by atoms with Crippen molar-refractivity contribution in [3.63, 3.8) is 0 Å². The van der Waals surface area contributed by atoms with Gasteiger partial charge in [-0.1, -0.05) is 43.0 Å². The number of rotatable bonds is 5. The van der Waals surface area contributed by atoms with Crippen LogP contribution in [0.15, 0.2) is 59.1 Å². The van der Waals surface area contributed by atoms with E-state index in [1.807, 2.05) is 26.0 Å². The minimum absolute atomic E-state index is 0.952. The van der Waals surface area contributed by atoms with Crippen LogP contribution in [0.4, 0.5) is 0 Å². The number of nitrogens with zero attached hydrogens (tertiary/aromatic N) is 1. The van der Waals surface area contributed by atoms with Crippen molar-refractivity contribution >= 4 is 17.5 Å². The molecular formula is C14H17NS. The van der Waals surface area contributed by atoms with Crippen molar-refractivity contribution in [3.05, 3.63) is 59.7 Å². The highest BCUT2D eigenvalue weighted by atomic mass is 32.2. The summed E-state index contributed by atoms with van der Waals surface area (Å²) in [6.45, 7) is 7.66. The summed E-state index contributed by atoms with van der Waals surface area (Å²) in [5.74, 6) is 0.953. The minimum atomic E-state index is 0.952. The van der Waals surface area contributed by atoms with Gasteiger partial charge in [-0.15, -0.1) is 11.8 Å². The number of allylic oxidation sites excluding steroid dienone is 2. The predicted octanol–water partition coefficient (Wildman–Crippen LogP) is 4.43. The molecule has 0 aliphatic heterocycles. The van der Waals surface area contributed by atoms with Crippen LogP contribution in [0, 0.1) is 0 Å². The van der Waals surface area contributed by atoms with Crippen LogP contribution >= 0.6 is 11.8 Å². The van der Waals surface area contributed by atoms with Gasteiger partial charge < -0.3 is 0 Å². The molecule has 0 spiro atoms. The van der Waals surface area contributed by atoms with Gasteiger partial charge in [-0.2, -0.15) is 0 Å². The average molecular weight is 231 g/mol. The van der Waals surface area contributed by atoms with Crippen LogP contribution in [0.1, 0.15) is 19.4 Å². The SMILES string of the molecule is C=CC(C)=N/C(=C\C)SCc1ccccc1. The van der Waals surface area contributed by atoms with Crippen LogP contribution in [0.3, 0.4) is 0 Å². The zero-order chi connectivity index (χ0) is 11.8. The van der Waals surface area contributed by atoms with Crippen LogP contribution in [0.5, 0.6) is 0 Å². The summed E-state index contributed by atoms with van der Waals surface area (Å²) in [7, 11) is 0. The first-order valence-electron chi connectivity index (χ1n) is 5.27. The van der Waals surface area contributed by atoms with E-state index in [0.29, 0.717) is 0 Å². The first kappa shape index (κ1) is 12.8. The van der Waals surface area contributed by atoms with Gasteiger partial charge in [0.15, 0.2) is 0 Å².